The zero-order chi connectivity index (χ0) is 17.1. The number of rotatable bonds is 6. The lowest BCUT2D eigenvalue weighted by Crippen LogP contribution is -2.10. The number of aryl methyl sites for hydroxylation is 1. The Labute approximate surface area is 141 Å². The average Bonchev–Trinajstić information content (AvgIpc) is 2.86. The van der Waals surface area contributed by atoms with Crippen molar-refractivity contribution in [1.82, 2.24) is 0 Å². The van der Waals surface area contributed by atoms with E-state index in [-0.39, 0.29) is 18.3 Å². The van der Waals surface area contributed by atoms with Crippen molar-refractivity contribution in [2.75, 3.05) is 6.61 Å². The molecule has 2 aromatic carbocycles. The first kappa shape index (κ1) is 16.2. The Morgan fingerprint density at radius 2 is 1.83 bits per heavy atom. The van der Waals surface area contributed by atoms with Crippen molar-refractivity contribution in [2.45, 2.75) is 32.1 Å². The van der Waals surface area contributed by atoms with E-state index in [1.54, 1.807) is 0 Å². The maximum atomic E-state index is 11.2. The van der Waals surface area contributed by atoms with Crippen LogP contribution in [-0.2, 0) is 20.7 Å². The summed E-state index contributed by atoms with van der Waals surface area (Å²) in [5.74, 6) is -1.01. The van der Waals surface area contributed by atoms with Crippen LogP contribution in [0, 0.1) is 0 Å². The SMILES string of the molecule is CC(=O)OCC1c2ccccc2-c2ccc(CCCC(=O)O)cc21. The summed E-state index contributed by atoms with van der Waals surface area (Å²) in [6, 6.07) is 14.5. The minimum Gasteiger partial charge on any atom is -0.481 e. The van der Waals surface area contributed by atoms with E-state index in [4.69, 9.17) is 9.84 Å². The van der Waals surface area contributed by atoms with Gasteiger partial charge in [-0.05, 0) is 40.7 Å². The molecule has 0 saturated heterocycles. The summed E-state index contributed by atoms with van der Waals surface area (Å²) in [5, 5.41) is 8.78. The van der Waals surface area contributed by atoms with Gasteiger partial charge in [0.05, 0.1) is 0 Å². The van der Waals surface area contributed by atoms with Crippen molar-refractivity contribution in [2.24, 2.45) is 0 Å². The molecule has 0 heterocycles. The van der Waals surface area contributed by atoms with Crippen LogP contribution in [0.1, 0.15) is 42.4 Å². The van der Waals surface area contributed by atoms with Crippen LogP contribution in [0.3, 0.4) is 0 Å². The van der Waals surface area contributed by atoms with E-state index in [0.29, 0.717) is 13.0 Å². The fourth-order valence-corrected chi connectivity index (χ4v) is 3.34. The van der Waals surface area contributed by atoms with E-state index in [2.05, 4.69) is 30.3 Å². The van der Waals surface area contributed by atoms with Gasteiger partial charge in [-0.2, -0.15) is 0 Å². The molecule has 0 fully saturated rings. The smallest absolute Gasteiger partial charge is 0.303 e. The normalized spacial score (nSPS) is 14.8. The second kappa shape index (κ2) is 6.87. The lowest BCUT2D eigenvalue weighted by atomic mass is 9.95. The van der Waals surface area contributed by atoms with Crippen molar-refractivity contribution in [1.29, 1.82) is 0 Å². The first-order valence-corrected chi connectivity index (χ1v) is 8.13. The fraction of sp³-hybridized carbons (Fsp3) is 0.300. The van der Waals surface area contributed by atoms with Crippen LogP contribution in [-0.4, -0.2) is 23.7 Å². The quantitative estimate of drug-likeness (QED) is 0.822. The summed E-state index contributed by atoms with van der Waals surface area (Å²) >= 11 is 0. The lowest BCUT2D eigenvalue weighted by Gasteiger charge is -2.14. The highest BCUT2D eigenvalue weighted by Crippen LogP contribution is 2.45. The maximum absolute atomic E-state index is 11.2. The molecule has 3 rings (SSSR count). The standard InChI is InChI=1S/C20H20O4/c1-13(21)24-12-19-16-7-3-2-6-15(16)17-10-9-14(11-18(17)19)5-4-8-20(22)23/h2-3,6-7,9-11,19H,4-5,8,12H2,1H3,(H,22,23). The molecule has 0 spiro atoms. The summed E-state index contributed by atoms with van der Waals surface area (Å²) in [6.45, 7) is 1.75. The van der Waals surface area contributed by atoms with Gasteiger partial charge in [-0.1, -0.05) is 42.5 Å². The summed E-state index contributed by atoms with van der Waals surface area (Å²) in [6.07, 6.45) is 1.53. The average molecular weight is 324 g/mol. The lowest BCUT2D eigenvalue weighted by molar-refractivity contribution is -0.141. The predicted molar refractivity (Wildman–Crippen MR) is 90.9 cm³/mol. The van der Waals surface area contributed by atoms with E-state index >= 15 is 0 Å². The number of benzene rings is 2. The van der Waals surface area contributed by atoms with Gasteiger partial charge < -0.3 is 9.84 Å². The van der Waals surface area contributed by atoms with Crippen LogP contribution in [0.5, 0.6) is 0 Å². The molecule has 4 heteroatoms. The van der Waals surface area contributed by atoms with E-state index < -0.39 is 5.97 Å². The Hall–Kier alpha value is -2.62. The number of hydrogen-bond donors (Lipinski definition) is 1. The van der Waals surface area contributed by atoms with E-state index in [9.17, 15) is 9.59 Å². The highest BCUT2D eigenvalue weighted by atomic mass is 16.5. The zero-order valence-electron chi connectivity index (χ0n) is 13.6. The zero-order valence-corrected chi connectivity index (χ0v) is 13.6. The predicted octanol–water partition coefficient (Wildman–Crippen LogP) is 3.77. The van der Waals surface area contributed by atoms with Crippen molar-refractivity contribution >= 4 is 11.9 Å². The Morgan fingerprint density at radius 3 is 2.58 bits per heavy atom. The van der Waals surface area contributed by atoms with Crippen LogP contribution >= 0.6 is 0 Å². The second-order valence-electron chi connectivity index (χ2n) is 6.11. The molecule has 4 nitrogen and oxygen atoms in total. The molecule has 24 heavy (non-hydrogen) atoms. The number of aliphatic carboxylic acids is 1. The topological polar surface area (TPSA) is 63.6 Å². The van der Waals surface area contributed by atoms with Crippen LogP contribution in [0.15, 0.2) is 42.5 Å². The highest BCUT2D eigenvalue weighted by Gasteiger charge is 2.29. The summed E-state index contributed by atoms with van der Waals surface area (Å²) in [4.78, 5) is 21.9. The number of esters is 1. The van der Waals surface area contributed by atoms with Gasteiger partial charge in [-0.25, -0.2) is 0 Å². The third kappa shape index (κ3) is 3.32. The Balaban J connectivity index is 1.89. The number of carbonyl (C=O) groups excluding carboxylic acids is 1. The van der Waals surface area contributed by atoms with Gasteiger partial charge in [0.2, 0.25) is 0 Å². The van der Waals surface area contributed by atoms with Crippen molar-refractivity contribution in [3.05, 3.63) is 59.2 Å². The first-order chi connectivity index (χ1) is 11.6. The van der Waals surface area contributed by atoms with Crippen molar-refractivity contribution in [3.63, 3.8) is 0 Å². The molecule has 1 N–H and O–H groups in total. The molecule has 0 saturated carbocycles. The Kier molecular flexibility index (Phi) is 4.65. The fourth-order valence-electron chi connectivity index (χ4n) is 3.34. The van der Waals surface area contributed by atoms with Gasteiger partial charge in [0.1, 0.15) is 6.61 Å². The number of hydrogen-bond acceptors (Lipinski definition) is 3. The summed E-state index contributed by atoms with van der Waals surface area (Å²) in [7, 11) is 0. The number of carboxylic acid groups (broad SMARTS) is 1. The van der Waals surface area contributed by atoms with Gasteiger partial charge in [-0.15, -0.1) is 0 Å². The van der Waals surface area contributed by atoms with Gasteiger partial charge in [0.25, 0.3) is 0 Å². The van der Waals surface area contributed by atoms with E-state index in [1.807, 2.05) is 12.1 Å². The van der Waals surface area contributed by atoms with Crippen molar-refractivity contribution < 1.29 is 19.4 Å². The minimum atomic E-state index is -0.767. The largest absolute Gasteiger partial charge is 0.481 e. The summed E-state index contributed by atoms with van der Waals surface area (Å²) in [5.41, 5.74) is 5.81. The van der Waals surface area contributed by atoms with E-state index in [0.717, 1.165) is 17.5 Å². The van der Waals surface area contributed by atoms with E-state index in [1.165, 1.54) is 23.6 Å². The molecular weight excluding hydrogens is 304 g/mol. The Bertz CT molecular complexity index is 779. The van der Waals surface area contributed by atoms with Crippen LogP contribution in [0.2, 0.25) is 0 Å². The highest BCUT2D eigenvalue weighted by molar-refractivity contribution is 5.79. The van der Waals surface area contributed by atoms with Crippen LogP contribution in [0.25, 0.3) is 11.1 Å². The molecule has 1 unspecified atom stereocenters. The number of carbonyl (C=O) groups is 2. The summed E-state index contributed by atoms with van der Waals surface area (Å²) < 4.78 is 5.28. The van der Waals surface area contributed by atoms with Gasteiger partial charge >= 0.3 is 11.9 Å². The second-order valence-corrected chi connectivity index (χ2v) is 6.11. The third-order valence-electron chi connectivity index (χ3n) is 4.43. The molecule has 2 aromatic rings. The number of fused-ring (bicyclic) bond motifs is 3. The molecule has 124 valence electrons. The molecule has 0 aromatic heterocycles. The molecule has 0 aliphatic heterocycles. The van der Waals surface area contributed by atoms with Gasteiger partial charge in [0.15, 0.2) is 0 Å². The van der Waals surface area contributed by atoms with Crippen LogP contribution < -0.4 is 0 Å². The molecule has 1 aliphatic rings. The van der Waals surface area contributed by atoms with Gasteiger partial charge in [0, 0.05) is 19.3 Å². The third-order valence-corrected chi connectivity index (χ3v) is 4.43. The molecule has 1 aliphatic carbocycles. The molecule has 1 atom stereocenters. The molecule has 0 amide bonds. The molecule has 0 bridgehead atoms. The molecular formula is C20H20O4. The van der Waals surface area contributed by atoms with Crippen LogP contribution in [0.4, 0.5) is 0 Å². The minimum absolute atomic E-state index is 0.0412. The maximum Gasteiger partial charge on any atom is 0.303 e. The Morgan fingerprint density at radius 1 is 1.08 bits per heavy atom. The molecule has 0 radical (unpaired) electrons. The first-order valence-electron chi connectivity index (χ1n) is 8.13. The number of ether oxygens (including phenoxy) is 1. The number of carboxylic acids is 1. The van der Waals surface area contributed by atoms with Crippen molar-refractivity contribution in [3.8, 4) is 11.1 Å². The monoisotopic (exact) mass is 324 g/mol. The van der Waals surface area contributed by atoms with Gasteiger partial charge in [-0.3, -0.25) is 9.59 Å².